The van der Waals surface area contributed by atoms with Gasteiger partial charge in [0.05, 0.1) is 24.1 Å². The highest BCUT2D eigenvalue weighted by atomic mass is 32.2. The number of fused-ring (bicyclic) bond motifs is 5. The molecule has 0 spiro atoms. The maximum atomic E-state index is 11.4. The van der Waals surface area contributed by atoms with Crippen molar-refractivity contribution in [2.75, 3.05) is 18.8 Å². The first-order chi connectivity index (χ1) is 15.9. The summed E-state index contributed by atoms with van der Waals surface area (Å²) in [5.41, 5.74) is 0.179. The minimum absolute atomic E-state index is 0.00128. The molecule has 0 aliphatic heterocycles. The zero-order valence-corrected chi connectivity index (χ0v) is 22.0. The molecule has 4 aliphatic rings. The van der Waals surface area contributed by atoms with Crippen LogP contribution in [-0.2, 0) is 10.1 Å². The van der Waals surface area contributed by atoms with Gasteiger partial charge < -0.3 is 20.6 Å². The van der Waals surface area contributed by atoms with E-state index in [1.807, 2.05) is 0 Å². The molecule has 34 heavy (non-hydrogen) atoms. The van der Waals surface area contributed by atoms with Crippen LogP contribution >= 0.6 is 0 Å². The molecule has 4 saturated carbocycles. The lowest BCUT2D eigenvalue weighted by Crippen LogP contribution is -2.64. The molecule has 0 saturated heterocycles. The average molecular weight is 502 g/mol. The van der Waals surface area contributed by atoms with Crippen molar-refractivity contribution in [2.24, 2.45) is 46.3 Å². The standard InChI is InChI=1S/C26H47NO6S/c1-16(5-4-12-27-13-14-34(31,32)33)18-6-7-19-22-20(9-11-25(18,19)2)26(3)10-8-17(28)15-21(26)23(29)24(22)30/h16-24,27-30H,4-15H2,1-3H3,(H,31,32,33). The Bertz CT molecular complexity index is 822. The first-order valence-electron chi connectivity index (χ1n) is 13.6. The van der Waals surface area contributed by atoms with Crippen molar-refractivity contribution >= 4 is 10.1 Å². The molecule has 0 radical (unpaired) electrons. The average Bonchev–Trinajstić information content (AvgIpc) is 3.11. The summed E-state index contributed by atoms with van der Waals surface area (Å²) >= 11 is 0. The van der Waals surface area contributed by atoms with Gasteiger partial charge in [0.25, 0.3) is 10.1 Å². The highest BCUT2D eigenvalue weighted by Gasteiger charge is 2.65. The lowest BCUT2D eigenvalue weighted by atomic mass is 9.43. The lowest BCUT2D eigenvalue weighted by Gasteiger charge is -2.63. The van der Waals surface area contributed by atoms with E-state index in [0.717, 1.165) is 45.1 Å². The zero-order chi connectivity index (χ0) is 24.9. The van der Waals surface area contributed by atoms with Crippen LogP contribution in [0, 0.1) is 46.3 Å². The molecule has 4 aliphatic carbocycles. The molecule has 11 unspecified atom stereocenters. The molecule has 0 heterocycles. The quantitative estimate of drug-likeness (QED) is 0.256. The van der Waals surface area contributed by atoms with Crippen LogP contribution in [0.3, 0.4) is 0 Å². The maximum absolute atomic E-state index is 11.4. The summed E-state index contributed by atoms with van der Waals surface area (Å²) in [5, 5.41) is 36.0. The van der Waals surface area contributed by atoms with Gasteiger partial charge in [0.15, 0.2) is 0 Å². The van der Waals surface area contributed by atoms with Crippen LogP contribution in [0.1, 0.15) is 78.6 Å². The summed E-state index contributed by atoms with van der Waals surface area (Å²) < 4.78 is 30.5. The molecular weight excluding hydrogens is 454 g/mol. The largest absolute Gasteiger partial charge is 0.393 e. The molecular formula is C26H47NO6S. The van der Waals surface area contributed by atoms with Crippen molar-refractivity contribution in [3.8, 4) is 0 Å². The number of nitrogens with one attached hydrogen (secondary N) is 1. The summed E-state index contributed by atoms with van der Waals surface area (Å²) in [6.07, 6.45) is 7.17. The van der Waals surface area contributed by atoms with Crippen molar-refractivity contribution in [1.29, 1.82) is 0 Å². The molecule has 5 N–H and O–H groups in total. The smallest absolute Gasteiger partial charge is 0.266 e. The molecule has 11 atom stereocenters. The molecule has 0 amide bonds. The summed E-state index contributed by atoms with van der Waals surface area (Å²) in [4.78, 5) is 0. The van der Waals surface area contributed by atoms with Crippen LogP contribution in [0.2, 0.25) is 0 Å². The molecule has 0 aromatic heterocycles. The zero-order valence-electron chi connectivity index (χ0n) is 21.2. The van der Waals surface area contributed by atoms with E-state index < -0.39 is 22.3 Å². The first-order valence-corrected chi connectivity index (χ1v) is 15.2. The van der Waals surface area contributed by atoms with E-state index in [0.29, 0.717) is 30.1 Å². The van der Waals surface area contributed by atoms with Gasteiger partial charge in [0, 0.05) is 6.54 Å². The van der Waals surface area contributed by atoms with Gasteiger partial charge >= 0.3 is 0 Å². The van der Waals surface area contributed by atoms with Crippen molar-refractivity contribution in [1.82, 2.24) is 5.32 Å². The van der Waals surface area contributed by atoms with Crippen LogP contribution in [0.4, 0.5) is 0 Å². The van der Waals surface area contributed by atoms with E-state index in [2.05, 4.69) is 26.1 Å². The molecule has 198 valence electrons. The Morgan fingerprint density at radius 1 is 0.912 bits per heavy atom. The minimum atomic E-state index is -3.91. The second-order valence-electron chi connectivity index (χ2n) is 12.7. The number of aliphatic hydroxyl groups is 3. The van der Waals surface area contributed by atoms with Crippen LogP contribution < -0.4 is 5.32 Å². The van der Waals surface area contributed by atoms with E-state index in [9.17, 15) is 23.7 Å². The highest BCUT2D eigenvalue weighted by Crippen LogP contribution is 2.68. The third-order valence-corrected chi connectivity index (χ3v) is 11.8. The molecule has 4 rings (SSSR count). The van der Waals surface area contributed by atoms with Gasteiger partial charge in [-0.3, -0.25) is 4.55 Å². The predicted octanol–water partition coefficient (Wildman–Crippen LogP) is 2.84. The Balaban J connectivity index is 1.40. The molecule has 0 aromatic rings. The van der Waals surface area contributed by atoms with Crippen molar-refractivity contribution in [3.63, 3.8) is 0 Å². The third kappa shape index (κ3) is 4.84. The Morgan fingerprint density at radius 3 is 2.29 bits per heavy atom. The Kier molecular flexibility index (Phi) is 7.80. The summed E-state index contributed by atoms with van der Waals surface area (Å²) in [6.45, 7) is 8.12. The van der Waals surface area contributed by atoms with Gasteiger partial charge in [-0.1, -0.05) is 20.8 Å². The van der Waals surface area contributed by atoms with E-state index >= 15 is 0 Å². The van der Waals surface area contributed by atoms with Gasteiger partial charge in [-0.2, -0.15) is 8.42 Å². The van der Waals surface area contributed by atoms with E-state index in [-0.39, 0.29) is 41.1 Å². The SMILES string of the molecule is CC(CCCNCCS(=O)(=O)O)C1CCC2C3C(O)C(O)C4CC(O)CCC4(C)C3CCC12C. The fraction of sp³-hybridized carbons (Fsp3) is 1.00. The number of aliphatic hydroxyl groups excluding tert-OH is 3. The maximum Gasteiger partial charge on any atom is 0.266 e. The van der Waals surface area contributed by atoms with Gasteiger partial charge in [0.1, 0.15) is 0 Å². The highest BCUT2D eigenvalue weighted by molar-refractivity contribution is 7.85. The van der Waals surface area contributed by atoms with Gasteiger partial charge in [-0.15, -0.1) is 0 Å². The van der Waals surface area contributed by atoms with Gasteiger partial charge in [-0.05, 0) is 111 Å². The first kappa shape index (κ1) is 26.8. The lowest BCUT2D eigenvalue weighted by molar-refractivity contribution is -0.223. The molecule has 0 bridgehead atoms. The minimum Gasteiger partial charge on any atom is -0.393 e. The third-order valence-electron chi connectivity index (χ3n) is 11.0. The van der Waals surface area contributed by atoms with E-state index in [1.54, 1.807) is 0 Å². The Labute approximate surface area is 205 Å². The molecule has 4 fully saturated rings. The number of hydrogen-bond donors (Lipinski definition) is 5. The van der Waals surface area contributed by atoms with Crippen LogP contribution in [-0.4, -0.2) is 65.4 Å². The van der Waals surface area contributed by atoms with Crippen LogP contribution in [0.5, 0.6) is 0 Å². The summed E-state index contributed by atoms with van der Waals surface area (Å²) in [7, 11) is -3.91. The van der Waals surface area contributed by atoms with Crippen LogP contribution in [0.25, 0.3) is 0 Å². The Morgan fingerprint density at radius 2 is 1.59 bits per heavy atom. The van der Waals surface area contributed by atoms with Gasteiger partial charge in [0.2, 0.25) is 0 Å². The summed E-state index contributed by atoms with van der Waals surface area (Å²) in [6, 6.07) is 0. The van der Waals surface area contributed by atoms with Gasteiger partial charge in [-0.25, -0.2) is 0 Å². The van der Waals surface area contributed by atoms with Crippen molar-refractivity contribution < 1.29 is 28.3 Å². The van der Waals surface area contributed by atoms with E-state index in [4.69, 9.17) is 4.55 Å². The van der Waals surface area contributed by atoms with E-state index in [1.165, 1.54) is 12.8 Å². The van der Waals surface area contributed by atoms with Crippen molar-refractivity contribution in [3.05, 3.63) is 0 Å². The summed E-state index contributed by atoms with van der Waals surface area (Å²) in [5.74, 6) is 1.88. The molecule has 8 heteroatoms. The number of hydrogen-bond acceptors (Lipinski definition) is 6. The fourth-order valence-corrected chi connectivity index (χ4v) is 9.69. The molecule has 0 aromatic carbocycles. The normalized spacial score (nSPS) is 47.5. The predicted molar refractivity (Wildman–Crippen MR) is 132 cm³/mol. The second kappa shape index (κ2) is 9.90. The topological polar surface area (TPSA) is 127 Å². The van der Waals surface area contributed by atoms with Crippen molar-refractivity contribution in [2.45, 2.75) is 96.9 Å². The second-order valence-corrected chi connectivity index (χ2v) is 14.3. The Hall–Kier alpha value is -0.250. The monoisotopic (exact) mass is 501 g/mol. The number of rotatable bonds is 8. The molecule has 7 nitrogen and oxygen atoms in total. The fourth-order valence-electron chi connectivity index (χ4n) is 9.29. The van der Waals surface area contributed by atoms with Crippen LogP contribution in [0.15, 0.2) is 0 Å².